The third-order valence-electron chi connectivity index (χ3n) is 3.00. The lowest BCUT2D eigenvalue weighted by Crippen LogP contribution is -2.61. The van der Waals surface area contributed by atoms with Gasteiger partial charge in [-0.05, 0) is 13.3 Å². The van der Waals surface area contributed by atoms with Gasteiger partial charge in [0.15, 0.2) is 0 Å². The summed E-state index contributed by atoms with van der Waals surface area (Å²) >= 11 is 0. The highest BCUT2D eigenvalue weighted by atomic mass is 16.2. The Labute approximate surface area is 97.5 Å². The molecule has 0 aliphatic carbocycles. The van der Waals surface area contributed by atoms with Crippen molar-refractivity contribution in [1.82, 2.24) is 15.5 Å². The molecule has 2 atom stereocenters. The van der Waals surface area contributed by atoms with Crippen molar-refractivity contribution in [3.63, 3.8) is 0 Å². The van der Waals surface area contributed by atoms with Crippen LogP contribution in [0.3, 0.4) is 0 Å². The van der Waals surface area contributed by atoms with Crippen molar-refractivity contribution in [3.05, 3.63) is 0 Å². The molecular formula is C10H13N3O4. The molecule has 17 heavy (non-hydrogen) atoms. The van der Waals surface area contributed by atoms with E-state index < -0.39 is 23.9 Å². The molecule has 2 fully saturated rings. The number of carbonyl (C=O) groups excluding carboxylic acids is 4. The number of piperazine rings is 1. The van der Waals surface area contributed by atoms with Gasteiger partial charge in [-0.15, -0.1) is 0 Å². The van der Waals surface area contributed by atoms with Crippen LogP contribution in [-0.4, -0.2) is 47.2 Å². The van der Waals surface area contributed by atoms with Crippen molar-refractivity contribution in [2.24, 2.45) is 0 Å². The SMILES string of the molecule is CC1C(=O)NC(=O)CN1C(=O)[C@H]1CCC(=O)N1. The van der Waals surface area contributed by atoms with Crippen molar-refractivity contribution < 1.29 is 19.2 Å². The second-order valence-corrected chi connectivity index (χ2v) is 4.21. The molecule has 0 aromatic carbocycles. The molecule has 0 bridgehead atoms. The Morgan fingerprint density at radius 3 is 2.59 bits per heavy atom. The fraction of sp³-hybridized carbons (Fsp3) is 0.600. The van der Waals surface area contributed by atoms with E-state index in [1.165, 1.54) is 4.90 Å². The Kier molecular flexibility index (Phi) is 2.83. The van der Waals surface area contributed by atoms with E-state index in [0.717, 1.165) is 0 Å². The summed E-state index contributed by atoms with van der Waals surface area (Å²) in [5, 5.41) is 4.68. The first kappa shape index (κ1) is 11.6. The number of rotatable bonds is 1. The number of nitrogens with one attached hydrogen (secondary N) is 2. The minimum absolute atomic E-state index is 0.141. The smallest absolute Gasteiger partial charge is 0.249 e. The molecule has 2 rings (SSSR count). The van der Waals surface area contributed by atoms with Gasteiger partial charge in [0, 0.05) is 6.42 Å². The number of nitrogens with zero attached hydrogens (tertiary/aromatic N) is 1. The summed E-state index contributed by atoms with van der Waals surface area (Å²) in [5.41, 5.74) is 0. The van der Waals surface area contributed by atoms with Crippen LogP contribution >= 0.6 is 0 Å². The molecule has 0 aromatic heterocycles. The second-order valence-electron chi connectivity index (χ2n) is 4.21. The van der Waals surface area contributed by atoms with E-state index in [1.54, 1.807) is 6.92 Å². The first-order valence-electron chi connectivity index (χ1n) is 5.42. The molecule has 2 aliphatic heterocycles. The topological polar surface area (TPSA) is 95.6 Å². The van der Waals surface area contributed by atoms with Crippen LogP contribution < -0.4 is 10.6 Å². The van der Waals surface area contributed by atoms with Gasteiger partial charge in [-0.2, -0.15) is 0 Å². The lowest BCUT2D eigenvalue weighted by molar-refractivity contribution is -0.150. The van der Waals surface area contributed by atoms with Crippen LogP contribution in [-0.2, 0) is 19.2 Å². The van der Waals surface area contributed by atoms with E-state index >= 15 is 0 Å². The quantitative estimate of drug-likeness (QED) is 0.524. The van der Waals surface area contributed by atoms with E-state index in [1.807, 2.05) is 0 Å². The summed E-state index contributed by atoms with van der Waals surface area (Å²) in [6.07, 6.45) is 0.718. The lowest BCUT2D eigenvalue weighted by atomic mass is 10.1. The van der Waals surface area contributed by atoms with Crippen molar-refractivity contribution in [2.75, 3.05) is 6.54 Å². The van der Waals surface area contributed by atoms with Crippen LogP contribution in [0.25, 0.3) is 0 Å². The molecule has 1 unspecified atom stereocenters. The summed E-state index contributed by atoms with van der Waals surface area (Å²) in [5.74, 6) is -1.53. The Balaban J connectivity index is 2.10. The van der Waals surface area contributed by atoms with Gasteiger partial charge in [0.2, 0.25) is 23.6 Å². The average Bonchev–Trinajstić information content (AvgIpc) is 2.69. The normalized spacial score (nSPS) is 29.0. The van der Waals surface area contributed by atoms with Crippen LogP contribution in [0, 0.1) is 0 Å². The molecule has 0 saturated carbocycles. The minimum Gasteiger partial charge on any atom is -0.344 e. The third kappa shape index (κ3) is 2.13. The van der Waals surface area contributed by atoms with E-state index in [4.69, 9.17) is 0 Å². The van der Waals surface area contributed by atoms with Gasteiger partial charge < -0.3 is 10.2 Å². The lowest BCUT2D eigenvalue weighted by Gasteiger charge is -2.33. The van der Waals surface area contributed by atoms with Crippen LogP contribution in [0.5, 0.6) is 0 Å². The molecule has 2 N–H and O–H groups in total. The molecule has 7 nitrogen and oxygen atoms in total. The molecule has 0 aromatic rings. The molecule has 4 amide bonds. The Bertz CT molecular complexity index is 406. The number of imide groups is 1. The van der Waals surface area contributed by atoms with E-state index in [0.29, 0.717) is 12.8 Å². The summed E-state index contributed by atoms with van der Waals surface area (Å²) < 4.78 is 0. The molecule has 0 spiro atoms. The minimum atomic E-state index is -0.683. The molecule has 2 heterocycles. The molecule has 92 valence electrons. The first-order valence-corrected chi connectivity index (χ1v) is 5.42. The van der Waals surface area contributed by atoms with Crippen LogP contribution in [0.2, 0.25) is 0 Å². The maximum absolute atomic E-state index is 12.0. The summed E-state index contributed by atoms with van der Waals surface area (Å²) in [7, 11) is 0. The monoisotopic (exact) mass is 239 g/mol. The fourth-order valence-electron chi connectivity index (χ4n) is 1.98. The number of carbonyl (C=O) groups is 4. The van der Waals surface area contributed by atoms with Gasteiger partial charge in [-0.3, -0.25) is 24.5 Å². The van der Waals surface area contributed by atoms with E-state index in [9.17, 15) is 19.2 Å². The van der Waals surface area contributed by atoms with Crippen LogP contribution in [0.4, 0.5) is 0 Å². The van der Waals surface area contributed by atoms with Crippen LogP contribution in [0.15, 0.2) is 0 Å². The van der Waals surface area contributed by atoms with Gasteiger partial charge in [-0.1, -0.05) is 0 Å². The number of hydrogen-bond donors (Lipinski definition) is 2. The maximum atomic E-state index is 12.0. The van der Waals surface area contributed by atoms with E-state index in [-0.39, 0.29) is 18.4 Å². The summed E-state index contributed by atoms with van der Waals surface area (Å²) in [4.78, 5) is 46.8. The van der Waals surface area contributed by atoms with Crippen molar-refractivity contribution in [2.45, 2.75) is 31.8 Å². The Morgan fingerprint density at radius 1 is 1.29 bits per heavy atom. The highest BCUT2D eigenvalue weighted by Crippen LogP contribution is 2.13. The largest absolute Gasteiger partial charge is 0.344 e. The van der Waals surface area contributed by atoms with Gasteiger partial charge >= 0.3 is 0 Å². The predicted molar refractivity (Wildman–Crippen MR) is 55.5 cm³/mol. The van der Waals surface area contributed by atoms with Crippen LogP contribution in [0.1, 0.15) is 19.8 Å². The first-order chi connectivity index (χ1) is 7.99. The Morgan fingerprint density at radius 2 is 2.00 bits per heavy atom. The summed E-state index contributed by atoms with van der Waals surface area (Å²) in [6, 6.07) is -1.29. The number of amides is 4. The molecule has 2 saturated heterocycles. The van der Waals surface area contributed by atoms with Gasteiger partial charge in [0.25, 0.3) is 0 Å². The molecule has 0 radical (unpaired) electrons. The maximum Gasteiger partial charge on any atom is 0.249 e. The van der Waals surface area contributed by atoms with Gasteiger partial charge in [-0.25, -0.2) is 0 Å². The number of hydrogen-bond acceptors (Lipinski definition) is 4. The van der Waals surface area contributed by atoms with Crippen molar-refractivity contribution in [3.8, 4) is 0 Å². The molecule has 7 heteroatoms. The third-order valence-corrected chi connectivity index (χ3v) is 3.00. The average molecular weight is 239 g/mol. The molecule has 2 aliphatic rings. The summed E-state index contributed by atoms with van der Waals surface area (Å²) in [6.45, 7) is 1.41. The molecular weight excluding hydrogens is 226 g/mol. The van der Waals surface area contributed by atoms with Crippen molar-refractivity contribution in [1.29, 1.82) is 0 Å². The highest BCUT2D eigenvalue weighted by Gasteiger charge is 2.38. The zero-order chi connectivity index (χ0) is 12.6. The fourth-order valence-corrected chi connectivity index (χ4v) is 1.98. The zero-order valence-electron chi connectivity index (χ0n) is 9.36. The van der Waals surface area contributed by atoms with Gasteiger partial charge in [0.1, 0.15) is 18.6 Å². The zero-order valence-corrected chi connectivity index (χ0v) is 9.36. The Hall–Kier alpha value is -1.92. The van der Waals surface area contributed by atoms with Crippen molar-refractivity contribution >= 4 is 23.6 Å². The standard InChI is InChI=1S/C10H13N3O4/c1-5-9(16)12-8(15)4-13(5)10(17)6-2-3-7(14)11-6/h5-6H,2-4H2,1H3,(H,11,14)(H,12,15,16)/t5?,6-/m1/s1. The second kappa shape index (κ2) is 4.15. The highest BCUT2D eigenvalue weighted by molar-refractivity contribution is 6.05. The predicted octanol–water partition coefficient (Wildman–Crippen LogP) is -1.86. The van der Waals surface area contributed by atoms with Gasteiger partial charge in [0.05, 0.1) is 0 Å². The van der Waals surface area contributed by atoms with E-state index in [2.05, 4.69) is 10.6 Å².